The number of hydrogen-bond acceptors (Lipinski definition) is 2. The topological polar surface area (TPSA) is 35.2 Å². The summed E-state index contributed by atoms with van der Waals surface area (Å²) in [6, 6.07) is 18.8. The molecule has 20 heavy (non-hydrogen) atoms. The highest BCUT2D eigenvalue weighted by Crippen LogP contribution is 2.43. The number of benzene rings is 2. The van der Waals surface area contributed by atoms with E-state index < -0.39 is 0 Å². The van der Waals surface area contributed by atoms with E-state index >= 15 is 0 Å². The Balaban J connectivity index is 1.88. The SMILES string of the molecule is CC1(C)C(N)CC1Oc1ccccc1-c1ccccc1. The van der Waals surface area contributed by atoms with Crippen molar-refractivity contribution in [2.24, 2.45) is 11.1 Å². The Labute approximate surface area is 120 Å². The second-order valence-electron chi connectivity index (χ2n) is 6.13. The minimum Gasteiger partial charge on any atom is -0.489 e. The molecule has 2 atom stereocenters. The fourth-order valence-corrected chi connectivity index (χ4v) is 2.70. The van der Waals surface area contributed by atoms with Crippen LogP contribution in [0.1, 0.15) is 20.3 Å². The Morgan fingerprint density at radius 3 is 2.30 bits per heavy atom. The van der Waals surface area contributed by atoms with Gasteiger partial charge in [-0.25, -0.2) is 0 Å². The van der Waals surface area contributed by atoms with E-state index in [1.807, 2.05) is 24.3 Å². The van der Waals surface area contributed by atoms with Gasteiger partial charge >= 0.3 is 0 Å². The average Bonchev–Trinajstić information content (AvgIpc) is 2.48. The molecule has 2 heteroatoms. The number of nitrogens with two attached hydrogens (primary N) is 1. The molecule has 1 aliphatic carbocycles. The zero-order chi connectivity index (χ0) is 14.2. The van der Waals surface area contributed by atoms with Crippen LogP contribution < -0.4 is 10.5 Å². The zero-order valence-electron chi connectivity index (χ0n) is 12.0. The van der Waals surface area contributed by atoms with Crippen LogP contribution in [0.2, 0.25) is 0 Å². The molecule has 2 N–H and O–H groups in total. The standard InChI is InChI=1S/C18H21NO/c1-18(2)16(19)12-17(18)20-15-11-7-6-10-14(15)13-8-4-3-5-9-13/h3-11,16-17H,12,19H2,1-2H3. The number of ether oxygens (including phenoxy) is 1. The first-order chi connectivity index (χ1) is 9.59. The van der Waals surface area contributed by atoms with E-state index in [2.05, 4.69) is 44.2 Å². The van der Waals surface area contributed by atoms with Gasteiger partial charge in [-0.2, -0.15) is 0 Å². The van der Waals surface area contributed by atoms with Crippen LogP contribution in [0.4, 0.5) is 0 Å². The van der Waals surface area contributed by atoms with E-state index in [0.717, 1.165) is 17.7 Å². The van der Waals surface area contributed by atoms with Crippen molar-refractivity contribution in [1.82, 2.24) is 0 Å². The van der Waals surface area contributed by atoms with Crippen LogP contribution in [-0.4, -0.2) is 12.1 Å². The lowest BCUT2D eigenvalue weighted by atomic mass is 9.65. The normalized spacial score (nSPS) is 23.9. The molecule has 0 aliphatic heterocycles. The molecule has 3 rings (SSSR count). The summed E-state index contributed by atoms with van der Waals surface area (Å²) in [6.07, 6.45) is 1.12. The highest BCUT2D eigenvalue weighted by atomic mass is 16.5. The minimum absolute atomic E-state index is 0.0454. The van der Waals surface area contributed by atoms with Gasteiger partial charge in [-0.3, -0.25) is 0 Å². The molecule has 1 saturated carbocycles. The highest BCUT2D eigenvalue weighted by molar-refractivity contribution is 5.70. The summed E-state index contributed by atoms with van der Waals surface area (Å²) >= 11 is 0. The molecular weight excluding hydrogens is 246 g/mol. The first kappa shape index (κ1) is 13.2. The molecule has 0 saturated heterocycles. The summed E-state index contributed by atoms with van der Waals surface area (Å²) in [5.41, 5.74) is 8.44. The fraction of sp³-hybridized carbons (Fsp3) is 0.333. The van der Waals surface area contributed by atoms with Crippen molar-refractivity contribution < 1.29 is 4.74 Å². The Hall–Kier alpha value is -1.80. The van der Waals surface area contributed by atoms with Crippen LogP contribution in [-0.2, 0) is 0 Å². The van der Waals surface area contributed by atoms with Crippen LogP contribution >= 0.6 is 0 Å². The molecule has 0 amide bonds. The van der Waals surface area contributed by atoms with Crippen molar-refractivity contribution in [3.05, 3.63) is 54.6 Å². The summed E-state index contributed by atoms with van der Waals surface area (Å²) in [5, 5.41) is 0. The highest BCUT2D eigenvalue weighted by Gasteiger charge is 2.48. The number of rotatable bonds is 3. The van der Waals surface area contributed by atoms with E-state index in [4.69, 9.17) is 10.5 Å². The van der Waals surface area contributed by atoms with Crippen molar-refractivity contribution in [3.63, 3.8) is 0 Å². The van der Waals surface area contributed by atoms with Crippen molar-refractivity contribution >= 4 is 0 Å². The van der Waals surface area contributed by atoms with Gasteiger partial charge in [0.05, 0.1) is 0 Å². The molecule has 2 aromatic rings. The minimum atomic E-state index is 0.0454. The first-order valence-corrected chi connectivity index (χ1v) is 7.16. The quantitative estimate of drug-likeness (QED) is 0.916. The van der Waals surface area contributed by atoms with Crippen molar-refractivity contribution in [1.29, 1.82) is 0 Å². The van der Waals surface area contributed by atoms with Gasteiger partial charge in [-0.05, 0) is 11.6 Å². The van der Waals surface area contributed by atoms with Gasteiger partial charge < -0.3 is 10.5 Å². The van der Waals surface area contributed by atoms with Gasteiger partial charge in [-0.1, -0.05) is 62.4 Å². The van der Waals surface area contributed by atoms with Crippen molar-refractivity contribution in [2.75, 3.05) is 0 Å². The Kier molecular flexibility index (Phi) is 3.27. The number of para-hydroxylation sites is 1. The maximum absolute atomic E-state index is 6.24. The molecule has 0 aromatic heterocycles. The predicted molar refractivity (Wildman–Crippen MR) is 82.7 cm³/mol. The van der Waals surface area contributed by atoms with Crippen LogP contribution in [0, 0.1) is 5.41 Å². The van der Waals surface area contributed by atoms with Crippen molar-refractivity contribution in [2.45, 2.75) is 32.4 Å². The van der Waals surface area contributed by atoms with Crippen LogP contribution in [0.3, 0.4) is 0 Å². The molecule has 0 radical (unpaired) electrons. The van der Waals surface area contributed by atoms with Crippen LogP contribution in [0.5, 0.6) is 5.75 Å². The first-order valence-electron chi connectivity index (χ1n) is 7.16. The third-order valence-corrected chi connectivity index (χ3v) is 4.49. The Bertz CT molecular complexity index is 591. The predicted octanol–water partition coefficient (Wildman–Crippen LogP) is 3.86. The van der Waals surface area contributed by atoms with Gasteiger partial charge in [0.15, 0.2) is 0 Å². The van der Waals surface area contributed by atoms with Crippen LogP contribution in [0.25, 0.3) is 11.1 Å². The van der Waals surface area contributed by atoms with E-state index in [1.54, 1.807) is 0 Å². The second-order valence-corrected chi connectivity index (χ2v) is 6.13. The monoisotopic (exact) mass is 267 g/mol. The molecule has 104 valence electrons. The summed E-state index contributed by atoms with van der Waals surface area (Å²) in [5.74, 6) is 0.948. The lowest BCUT2D eigenvalue weighted by Crippen LogP contribution is -2.60. The molecule has 1 fully saturated rings. The van der Waals surface area contributed by atoms with Gasteiger partial charge in [0.25, 0.3) is 0 Å². The third kappa shape index (κ3) is 2.20. The number of hydrogen-bond donors (Lipinski definition) is 1. The van der Waals surface area contributed by atoms with Crippen molar-refractivity contribution in [3.8, 4) is 16.9 Å². The molecule has 2 nitrogen and oxygen atoms in total. The average molecular weight is 267 g/mol. The van der Waals surface area contributed by atoms with Gasteiger partial charge in [-0.15, -0.1) is 0 Å². The van der Waals surface area contributed by atoms with E-state index in [9.17, 15) is 0 Å². The lowest BCUT2D eigenvalue weighted by Gasteiger charge is -2.49. The summed E-state index contributed by atoms with van der Waals surface area (Å²) in [7, 11) is 0. The molecule has 2 aromatic carbocycles. The van der Waals surface area contributed by atoms with Gasteiger partial charge in [0.1, 0.15) is 11.9 Å². The lowest BCUT2D eigenvalue weighted by molar-refractivity contribution is -0.0396. The molecule has 2 unspecified atom stereocenters. The second kappa shape index (κ2) is 4.95. The molecule has 0 heterocycles. The maximum Gasteiger partial charge on any atom is 0.127 e. The summed E-state index contributed by atoms with van der Waals surface area (Å²) in [4.78, 5) is 0. The molecule has 0 bridgehead atoms. The van der Waals surface area contributed by atoms with E-state index in [0.29, 0.717) is 0 Å². The molecule has 1 aliphatic rings. The Morgan fingerprint density at radius 1 is 1.00 bits per heavy atom. The summed E-state index contributed by atoms with van der Waals surface area (Å²) < 4.78 is 6.24. The van der Waals surface area contributed by atoms with Gasteiger partial charge in [0.2, 0.25) is 0 Å². The van der Waals surface area contributed by atoms with Crippen LogP contribution in [0.15, 0.2) is 54.6 Å². The fourth-order valence-electron chi connectivity index (χ4n) is 2.70. The zero-order valence-corrected chi connectivity index (χ0v) is 12.0. The Morgan fingerprint density at radius 2 is 1.65 bits per heavy atom. The molecule has 0 spiro atoms. The largest absolute Gasteiger partial charge is 0.489 e. The van der Waals surface area contributed by atoms with E-state index in [1.165, 1.54) is 5.56 Å². The maximum atomic E-state index is 6.24. The van der Waals surface area contributed by atoms with E-state index in [-0.39, 0.29) is 17.6 Å². The van der Waals surface area contributed by atoms with Gasteiger partial charge in [0, 0.05) is 23.4 Å². The molecular formula is C18H21NO. The summed E-state index contributed by atoms with van der Waals surface area (Å²) in [6.45, 7) is 4.36. The third-order valence-electron chi connectivity index (χ3n) is 4.49. The smallest absolute Gasteiger partial charge is 0.127 e.